The largest absolute Gasteiger partial charge is 0.378 e. The molecule has 0 fully saturated rings. The van der Waals surface area contributed by atoms with Crippen LogP contribution >= 0.6 is 0 Å². The van der Waals surface area contributed by atoms with Crippen molar-refractivity contribution in [1.29, 1.82) is 0 Å². The fourth-order valence-electron chi connectivity index (χ4n) is 1.30. The van der Waals surface area contributed by atoms with Gasteiger partial charge in [0.25, 0.3) is 0 Å². The molecule has 0 saturated heterocycles. The molecule has 0 aliphatic rings. The molecule has 98 valence electrons. The van der Waals surface area contributed by atoms with Crippen LogP contribution in [0.3, 0.4) is 0 Å². The van der Waals surface area contributed by atoms with Crippen molar-refractivity contribution in [2.75, 3.05) is 11.1 Å². The first-order valence-corrected chi connectivity index (χ1v) is 4.96. The molecule has 19 heavy (non-hydrogen) atoms. The number of nitro groups is 1. The van der Waals surface area contributed by atoms with E-state index >= 15 is 0 Å². The van der Waals surface area contributed by atoms with Crippen molar-refractivity contribution >= 4 is 23.1 Å². The van der Waals surface area contributed by atoms with Crippen molar-refractivity contribution in [1.82, 2.24) is 9.97 Å². The zero-order valence-corrected chi connectivity index (χ0v) is 9.30. The lowest BCUT2D eigenvalue weighted by molar-refractivity contribution is -0.384. The lowest BCUT2D eigenvalue weighted by Crippen LogP contribution is -2.04. The van der Waals surface area contributed by atoms with Gasteiger partial charge in [0.05, 0.1) is 10.6 Å². The number of hydrogen-bond acceptors (Lipinski definition) is 6. The van der Waals surface area contributed by atoms with Gasteiger partial charge in [0, 0.05) is 6.07 Å². The quantitative estimate of drug-likeness (QED) is 0.650. The van der Waals surface area contributed by atoms with E-state index in [2.05, 4.69) is 15.3 Å². The molecule has 1 heterocycles. The molecule has 1 aromatic carbocycles. The van der Waals surface area contributed by atoms with E-state index in [-0.39, 0.29) is 17.5 Å². The van der Waals surface area contributed by atoms with E-state index in [4.69, 9.17) is 5.73 Å². The maximum absolute atomic E-state index is 13.3. The molecule has 2 rings (SSSR count). The highest BCUT2D eigenvalue weighted by molar-refractivity contribution is 5.59. The van der Waals surface area contributed by atoms with Crippen LogP contribution in [0.4, 0.5) is 31.9 Å². The zero-order chi connectivity index (χ0) is 14.0. The summed E-state index contributed by atoms with van der Waals surface area (Å²) in [5.41, 5.74) is 4.82. The molecule has 2 aromatic rings. The van der Waals surface area contributed by atoms with Gasteiger partial charge in [-0.15, -0.1) is 0 Å². The minimum Gasteiger partial charge on any atom is -0.378 e. The van der Waals surface area contributed by atoms with Gasteiger partial charge < -0.3 is 11.1 Å². The fourth-order valence-corrected chi connectivity index (χ4v) is 1.30. The van der Waals surface area contributed by atoms with Gasteiger partial charge in [-0.25, -0.2) is 13.8 Å². The molecule has 1 aromatic heterocycles. The fraction of sp³-hybridized carbons (Fsp3) is 0. The van der Waals surface area contributed by atoms with Gasteiger partial charge in [-0.1, -0.05) is 0 Å². The molecule has 7 nitrogen and oxygen atoms in total. The standard InChI is InChI=1S/C10H7F2N5O2/c11-5-1-2-7(6(12)3-5)15-10-14-4-8(17(18)19)9(13)16-10/h1-4H,(H3,13,14,15,16). The second-order valence-electron chi connectivity index (χ2n) is 3.47. The summed E-state index contributed by atoms with van der Waals surface area (Å²) in [4.78, 5) is 17.0. The van der Waals surface area contributed by atoms with Crippen molar-refractivity contribution in [3.05, 3.63) is 46.1 Å². The summed E-state index contributed by atoms with van der Waals surface area (Å²) in [6.45, 7) is 0. The topological polar surface area (TPSA) is 107 Å². The number of nitrogens with one attached hydrogen (secondary N) is 1. The van der Waals surface area contributed by atoms with Crippen LogP contribution in [0.5, 0.6) is 0 Å². The molecule has 0 aliphatic heterocycles. The number of benzene rings is 1. The molecular weight excluding hydrogens is 260 g/mol. The van der Waals surface area contributed by atoms with Crippen LogP contribution < -0.4 is 11.1 Å². The molecule has 0 amide bonds. The number of hydrogen-bond donors (Lipinski definition) is 2. The van der Waals surface area contributed by atoms with Crippen molar-refractivity contribution in [3.8, 4) is 0 Å². The molecule has 9 heteroatoms. The molecule has 0 atom stereocenters. The van der Waals surface area contributed by atoms with E-state index < -0.39 is 22.2 Å². The number of anilines is 3. The van der Waals surface area contributed by atoms with Gasteiger partial charge in [-0.2, -0.15) is 4.98 Å². The van der Waals surface area contributed by atoms with Crippen molar-refractivity contribution < 1.29 is 13.7 Å². The zero-order valence-electron chi connectivity index (χ0n) is 9.30. The van der Waals surface area contributed by atoms with E-state index in [1.807, 2.05) is 0 Å². The third-order valence-corrected chi connectivity index (χ3v) is 2.17. The lowest BCUT2D eigenvalue weighted by Gasteiger charge is -2.06. The Balaban J connectivity index is 2.29. The Hall–Kier alpha value is -2.84. The Morgan fingerprint density at radius 2 is 2.11 bits per heavy atom. The number of nitrogens with two attached hydrogens (primary N) is 1. The Labute approximate surface area is 105 Å². The molecule has 0 unspecified atom stereocenters. The highest BCUT2D eigenvalue weighted by Crippen LogP contribution is 2.22. The smallest absolute Gasteiger partial charge is 0.329 e. The summed E-state index contributed by atoms with van der Waals surface area (Å²) < 4.78 is 26.0. The highest BCUT2D eigenvalue weighted by atomic mass is 19.1. The monoisotopic (exact) mass is 267 g/mol. The molecular formula is C10H7F2N5O2. The van der Waals surface area contributed by atoms with Gasteiger partial charge in [-0.3, -0.25) is 10.1 Å². The molecule has 0 bridgehead atoms. The maximum atomic E-state index is 13.3. The summed E-state index contributed by atoms with van der Waals surface area (Å²) in [6, 6.07) is 2.86. The van der Waals surface area contributed by atoms with Crippen LogP contribution in [0.2, 0.25) is 0 Å². The first-order chi connectivity index (χ1) is 8.97. The maximum Gasteiger partial charge on any atom is 0.329 e. The van der Waals surface area contributed by atoms with Crippen molar-refractivity contribution in [2.24, 2.45) is 0 Å². The summed E-state index contributed by atoms with van der Waals surface area (Å²) in [7, 11) is 0. The van der Waals surface area contributed by atoms with E-state index in [1.165, 1.54) is 0 Å². The normalized spacial score (nSPS) is 10.2. The third kappa shape index (κ3) is 2.70. The summed E-state index contributed by atoms with van der Waals surface area (Å²) in [5, 5.41) is 12.9. The van der Waals surface area contributed by atoms with Crippen LogP contribution in [0, 0.1) is 21.7 Å². The van der Waals surface area contributed by atoms with Gasteiger partial charge in [0.2, 0.25) is 11.8 Å². The number of rotatable bonds is 3. The Bertz CT molecular complexity index is 650. The van der Waals surface area contributed by atoms with Crippen LogP contribution in [-0.2, 0) is 0 Å². The molecule has 0 aliphatic carbocycles. The number of aromatic nitrogens is 2. The average Bonchev–Trinajstić information content (AvgIpc) is 2.32. The average molecular weight is 267 g/mol. The van der Waals surface area contributed by atoms with E-state index in [0.717, 1.165) is 18.3 Å². The Morgan fingerprint density at radius 3 is 2.68 bits per heavy atom. The second-order valence-corrected chi connectivity index (χ2v) is 3.47. The van der Waals surface area contributed by atoms with Gasteiger partial charge >= 0.3 is 5.69 Å². The van der Waals surface area contributed by atoms with Crippen LogP contribution in [0.1, 0.15) is 0 Å². The van der Waals surface area contributed by atoms with Gasteiger partial charge in [-0.05, 0) is 12.1 Å². The van der Waals surface area contributed by atoms with Gasteiger partial charge in [0.15, 0.2) is 0 Å². The van der Waals surface area contributed by atoms with Crippen LogP contribution in [-0.4, -0.2) is 14.9 Å². The van der Waals surface area contributed by atoms with Crippen LogP contribution in [0.15, 0.2) is 24.4 Å². The number of nitrogens with zero attached hydrogens (tertiary/aromatic N) is 3. The molecule has 0 radical (unpaired) electrons. The van der Waals surface area contributed by atoms with E-state index in [1.54, 1.807) is 0 Å². The third-order valence-electron chi connectivity index (χ3n) is 2.17. The number of nitrogen functional groups attached to an aromatic ring is 1. The minimum atomic E-state index is -0.847. The van der Waals surface area contributed by atoms with Crippen molar-refractivity contribution in [3.63, 3.8) is 0 Å². The number of halogens is 2. The van der Waals surface area contributed by atoms with Crippen LogP contribution in [0.25, 0.3) is 0 Å². The molecule has 0 spiro atoms. The van der Waals surface area contributed by atoms with E-state index in [0.29, 0.717) is 6.07 Å². The molecule has 3 N–H and O–H groups in total. The Kier molecular flexibility index (Phi) is 3.19. The first kappa shape index (κ1) is 12.6. The molecule has 0 saturated carbocycles. The summed E-state index contributed by atoms with van der Waals surface area (Å²) in [6.07, 6.45) is 0.895. The summed E-state index contributed by atoms with van der Waals surface area (Å²) >= 11 is 0. The summed E-state index contributed by atoms with van der Waals surface area (Å²) in [5.74, 6) is -2.06. The first-order valence-electron chi connectivity index (χ1n) is 4.96. The minimum absolute atomic E-state index is 0.0744. The second kappa shape index (κ2) is 4.80. The van der Waals surface area contributed by atoms with E-state index in [9.17, 15) is 18.9 Å². The van der Waals surface area contributed by atoms with Crippen molar-refractivity contribution in [2.45, 2.75) is 0 Å². The Morgan fingerprint density at radius 1 is 1.37 bits per heavy atom. The predicted octanol–water partition coefficient (Wildman–Crippen LogP) is 1.99. The predicted molar refractivity (Wildman–Crippen MR) is 62.7 cm³/mol. The highest BCUT2D eigenvalue weighted by Gasteiger charge is 2.14. The lowest BCUT2D eigenvalue weighted by atomic mass is 10.3. The SMILES string of the molecule is Nc1nc(Nc2ccc(F)cc2F)ncc1[N+](=O)[O-]. The van der Waals surface area contributed by atoms with Gasteiger partial charge in [0.1, 0.15) is 17.8 Å².